The third kappa shape index (κ3) is 5.65. The van der Waals surface area contributed by atoms with Crippen molar-refractivity contribution >= 4 is 18.4 Å². The number of aliphatic carboxylic acids is 1. The number of likely N-dealkylation sites (tertiary alicyclic amines) is 1. The number of hydrogen-bond donors (Lipinski definition) is 2. The van der Waals surface area contributed by atoms with Crippen LogP contribution in [0.2, 0.25) is 0 Å². The highest BCUT2D eigenvalue weighted by molar-refractivity contribution is 5.85. The van der Waals surface area contributed by atoms with E-state index in [4.69, 9.17) is 5.11 Å². The zero-order valence-corrected chi connectivity index (χ0v) is 13.0. The van der Waals surface area contributed by atoms with Gasteiger partial charge in [0.15, 0.2) is 0 Å². The smallest absolute Gasteiger partial charge is 0.303 e. The maximum atomic E-state index is 10.6. The molecule has 1 aromatic carbocycles. The van der Waals surface area contributed by atoms with Gasteiger partial charge in [-0.2, -0.15) is 0 Å². The quantitative estimate of drug-likeness (QED) is 0.812. The molecule has 2 N–H and O–H groups in total. The van der Waals surface area contributed by atoms with E-state index in [-0.39, 0.29) is 18.8 Å². The van der Waals surface area contributed by atoms with E-state index in [9.17, 15) is 9.90 Å². The number of benzene rings is 1. The molecule has 0 radical (unpaired) electrons. The molecule has 1 fully saturated rings. The van der Waals surface area contributed by atoms with E-state index in [0.717, 1.165) is 37.9 Å². The summed E-state index contributed by atoms with van der Waals surface area (Å²) in [5.74, 6) is -0.731. The number of halogens is 1. The van der Waals surface area contributed by atoms with Crippen molar-refractivity contribution in [1.29, 1.82) is 0 Å². The van der Waals surface area contributed by atoms with Crippen LogP contribution in [-0.2, 0) is 4.79 Å². The predicted octanol–water partition coefficient (Wildman–Crippen LogP) is 2.86. The van der Waals surface area contributed by atoms with Gasteiger partial charge in [0, 0.05) is 12.5 Å². The van der Waals surface area contributed by atoms with Gasteiger partial charge in [0.1, 0.15) is 0 Å². The number of carboxylic acids is 1. The lowest BCUT2D eigenvalue weighted by atomic mass is 10.0. The molecular formula is C16H24ClNO3. The van der Waals surface area contributed by atoms with Gasteiger partial charge >= 0.3 is 5.97 Å². The number of hydrogen-bond acceptors (Lipinski definition) is 3. The van der Waals surface area contributed by atoms with Gasteiger partial charge in [0.2, 0.25) is 0 Å². The summed E-state index contributed by atoms with van der Waals surface area (Å²) in [6.45, 7) is 1.84. The second-order valence-corrected chi connectivity index (χ2v) is 5.49. The van der Waals surface area contributed by atoms with Gasteiger partial charge in [-0.15, -0.1) is 12.4 Å². The Balaban J connectivity index is 0.00000220. The molecule has 5 heteroatoms. The molecule has 21 heavy (non-hydrogen) atoms. The molecule has 2 unspecified atom stereocenters. The van der Waals surface area contributed by atoms with Crippen LogP contribution in [0.25, 0.3) is 0 Å². The van der Waals surface area contributed by atoms with Crippen molar-refractivity contribution in [3.63, 3.8) is 0 Å². The van der Waals surface area contributed by atoms with E-state index in [2.05, 4.69) is 4.90 Å². The molecule has 0 amide bonds. The first-order valence-corrected chi connectivity index (χ1v) is 7.35. The second-order valence-electron chi connectivity index (χ2n) is 5.49. The van der Waals surface area contributed by atoms with Crippen LogP contribution in [-0.4, -0.2) is 40.2 Å². The number of carbonyl (C=O) groups is 1. The van der Waals surface area contributed by atoms with Gasteiger partial charge in [-0.25, -0.2) is 0 Å². The van der Waals surface area contributed by atoms with Crippen LogP contribution in [0.4, 0.5) is 0 Å². The lowest BCUT2D eigenvalue weighted by Crippen LogP contribution is -2.32. The van der Waals surface area contributed by atoms with Crippen molar-refractivity contribution < 1.29 is 15.0 Å². The highest BCUT2D eigenvalue weighted by atomic mass is 35.5. The van der Waals surface area contributed by atoms with Crippen molar-refractivity contribution in [3.05, 3.63) is 35.9 Å². The molecule has 0 saturated carbocycles. The van der Waals surface area contributed by atoms with Crippen LogP contribution in [0.1, 0.15) is 43.8 Å². The Morgan fingerprint density at radius 1 is 1.33 bits per heavy atom. The maximum absolute atomic E-state index is 10.6. The SMILES string of the molecule is Cl.O=C(O)CCCN1CCCC1CC(O)c1ccccc1. The molecule has 2 rings (SSSR count). The summed E-state index contributed by atoms with van der Waals surface area (Å²) in [5, 5.41) is 19.0. The Morgan fingerprint density at radius 2 is 2.05 bits per heavy atom. The van der Waals surface area contributed by atoms with Crippen LogP contribution < -0.4 is 0 Å². The molecule has 0 aliphatic carbocycles. The van der Waals surface area contributed by atoms with Gasteiger partial charge in [0.25, 0.3) is 0 Å². The van der Waals surface area contributed by atoms with Crippen molar-refractivity contribution in [2.45, 2.75) is 44.2 Å². The summed E-state index contributed by atoms with van der Waals surface area (Å²) in [6, 6.07) is 10.1. The standard InChI is InChI=1S/C16H23NO3.ClH/c18-15(13-6-2-1-3-7-13)12-14-8-4-10-17(14)11-5-9-16(19)20;/h1-3,6-7,14-15,18H,4-5,8-12H2,(H,19,20);1H. The van der Waals surface area contributed by atoms with Crippen LogP contribution in [0, 0.1) is 0 Å². The highest BCUT2D eigenvalue weighted by Gasteiger charge is 2.26. The zero-order valence-electron chi connectivity index (χ0n) is 12.1. The summed E-state index contributed by atoms with van der Waals surface area (Å²) in [4.78, 5) is 12.9. The fraction of sp³-hybridized carbons (Fsp3) is 0.562. The molecular weight excluding hydrogens is 290 g/mol. The summed E-state index contributed by atoms with van der Waals surface area (Å²) in [7, 11) is 0. The third-order valence-electron chi connectivity index (χ3n) is 4.01. The normalized spacial score (nSPS) is 20.0. The van der Waals surface area contributed by atoms with Crippen LogP contribution in [0.5, 0.6) is 0 Å². The van der Waals surface area contributed by atoms with E-state index in [1.807, 2.05) is 30.3 Å². The largest absolute Gasteiger partial charge is 0.481 e. The molecule has 2 atom stereocenters. The minimum absolute atomic E-state index is 0. The number of rotatable bonds is 7. The van der Waals surface area contributed by atoms with Gasteiger partial charge < -0.3 is 15.1 Å². The van der Waals surface area contributed by atoms with Crippen molar-refractivity contribution in [1.82, 2.24) is 4.90 Å². The minimum atomic E-state index is -0.731. The summed E-state index contributed by atoms with van der Waals surface area (Å²) in [5.41, 5.74) is 0.963. The molecule has 0 spiro atoms. The first-order valence-electron chi connectivity index (χ1n) is 7.35. The summed E-state index contributed by atoms with van der Waals surface area (Å²) in [6.07, 6.45) is 3.45. The van der Waals surface area contributed by atoms with Gasteiger partial charge in [-0.3, -0.25) is 4.79 Å². The lowest BCUT2D eigenvalue weighted by Gasteiger charge is -2.26. The molecule has 1 aliphatic rings. The predicted molar refractivity (Wildman–Crippen MR) is 84.7 cm³/mol. The summed E-state index contributed by atoms with van der Waals surface area (Å²) >= 11 is 0. The number of aliphatic hydroxyl groups is 1. The molecule has 1 aliphatic heterocycles. The molecule has 1 saturated heterocycles. The molecule has 0 bridgehead atoms. The van der Waals surface area contributed by atoms with Crippen molar-refractivity contribution in [2.75, 3.05) is 13.1 Å². The molecule has 0 aromatic heterocycles. The number of aliphatic hydroxyl groups excluding tert-OH is 1. The van der Waals surface area contributed by atoms with Gasteiger partial charge in [-0.05, 0) is 44.3 Å². The Bertz CT molecular complexity index is 427. The average Bonchev–Trinajstić information content (AvgIpc) is 2.87. The van der Waals surface area contributed by atoms with Gasteiger partial charge in [-0.1, -0.05) is 30.3 Å². The first kappa shape index (κ1) is 18.0. The Kier molecular flexibility index (Phi) is 7.72. The van der Waals surface area contributed by atoms with Crippen LogP contribution in [0.3, 0.4) is 0 Å². The third-order valence-corrected chi connectivity index (χ3v) is 4.01. The van der Waals surface area contributed by atoms with Crippen molar-refractivity contribution in [2.24, 2.45) is 0 Å². The van der Waals surface area contributed by atoms with E-state index in [0.29, 0.717) is 12.5 Å². The second kappa shape index (κ2) is 9.03. The van der Waals surface area contributed by atoms with E-state index in [1.54, 1.807) is 0 Å². The van der Waals surface area contributed by atoms with E-state index < -0.39 is 12.1 Å². The Labute approximate surface area is 132 Å². The highest BCUT2D eigenvalue weighted by Crippen LogP contribution is 2.27. The summed E-state index contributed by atoms with van der Waals surface area (Å²) < 4.78 is 0. The van der Waals surface area contributed by atoms with Crippen LogP contribution in [0.15, 0.2) is 30.3 Å². The number of carboxylic acid groups (broad SMARTS) is 1. The average molecular weight is 314 g/mol. The minimum Gasteiger partial charge on any atom is -0.481 e. The first-order chi connectivity index (χ1) is 9.66. The fourth-order valence-corrected chi connectivity index (χ4v) is 2.96. The maximum Gasteiger partial charge on any atom is 0.303 e. The molecule has 1 heterocycles. The molecule has 1 aromatic rings. The molecule has 4 nitrogen and oxygen atoms in total. The zero-order chi connectivity index (χ0) is 14.4. The Hall–Kier alpha value is -1.10. The van der Waals surface area contributed by atoms with Crippen LogP contribution >= 0.6 is 12.4 Å². The van der Waals surface area contributed by atoms with Gasteiger partial charge in [0.05, 0.1) is 6.10 Å². The monoisotopic (exact) mass is 313 g/mol. The Morgan fingerprint density at radius 3 is 2.71 bits per heavy atom. The molecule has 118 valence electrons. The van der Waals surface area contributed by atoms with Crippen molar-refractivity contribution in [3.8, 4) is 0 Å². The lowest BCUT2D eigenvalue weighted by molar-refractivity contribution is -0.137. The topological polar surface area (TPSA) is 60.8 Å². The van der Waals surface area contributed by atoms with E-state index in [1.165, 1.54) is 0 Å². The number of nitrogens with zero attached hydrogens (tertiary/aromatic N) is 1. The fourth-order valence-electron chi connectivity index (χ4n) is 2.96. The van der Waals surface area contributed by atoms with E-state index >= 15 is 0 Å².